The van der Waals surface area contributed by atoms with Gasteiger partial charge in [0.2, 0.25) is 17.7 Å². The molecular weight excluding hydrogens is 562 g/mol. The van der Waals surface area contributed by atoms with Gasteiger partial charge in [0.25, 0.3) is 0 Å². The summed E-state index contributed by atoms with van der Waals surface area (Å²) < 4.78 is 6.49. The van der Waals surface area contributed by atoms with Gasteiger partial charge in [-0.2, -0.15) is 0 Å². The maximum Gasteiger partial charge on any atom is 0.250 e. The van der Waals surface area contributed by atoms with Crippen LogP contribution in [0.15, 0.2) is 48.5 Å². The second kappa shape index (κ2) is 10.0. The summed E-state index contributed by atoms with van der Waals surface area (Å²) in [5, 5.41) is 16.4. The number of fused-ring (bicyclic) bond motifs is 1. The van der Waals surface area contributed by atoms with Gasteiger partial charge in [0, 0.05) is 10.5 Å². The first-order chi connectivity index (χ1) is 17.7. The highest BCUT2D eigenvalue weighted by atomic mass is 79.9. The molecule has 2 bridgehead atoms. The maximum atomic E-state index is 14.0. The zero-order valence-electron chi connectivity index (χ0n) is 20.5. The van der Waals surface area contributed by atoms with Gasteiger partial charge in [-0.1, -0.05) is 64.8 Å². The number of halogens is 2. The Morgan fingerprint density at radius 3 is 2.57 bits per heavy atom. The van der Waals surface area contributed by atoms with Crippen molar-refractivity contribution in [2.75, 3.05) is 17.2 Å². The number of nitrogens with one attached hydrogen (secondary N) is 2. The monoisotopic (exact) mass is 589 g/mol. The van der Waals surface area contributed by atoms with E-state index in [0.29, 0.717) is 29.2 Å². The lowest BCUT2D eigenvalue weighted by atomic mass is 9.70. The number of carbonyl (C=O) groups excluding carboxylic acids is 3. The first-order valence-corrected chi connectivity index (χ1v) is 13.7. The molecule has 0 aliphatic carbocycles. The lowest BCUT2D eigenvalue weighted by molar-refractivity contribution is -0.143. The van der Waals surface area contributed by atoms with E-state index in [0.717, 1.165) is 5.56 Å². The van der Waals surface area contributed by atoms with Crippen molar-refractivity contribution in [2.45, 2.75) is 55.3 Å². The fourth-order valence-electron chi connectivity index (χ4n) is 6.20. The number of hydrogen-bond acceptors (Lipinski definition) is 5. The highest BCUT2D eigenvalue weighted by molar-refractivity contribution is 9.09. The quantitative estimate of drug-likeness (QED) is 0.426. The van der Waals surface area contributed by atoms with E-state index < -0.39 is 41.5 Å². The molecule has 2 aromatic carbocycles. The normalized spacial score (nSPS) is 30.8. The van der Waals surface area contributed by atoms with Crippen LogP contribution in [0, 0.1) is 18.8 Å². The Balaban J connectivity index is 1.55. The van der Waals surface area contributed by atoms with Crippen molar-refractivity contribution in [1.29, 1.82) is 0 Å². The number of amides is 3. The fourth-order valence-corrected chi connectivity index (χ4v) is 7.41. The fraction of sp³-hybridized carbons (Fsp3) is 0.444. The van der Waals surface area contributed by atoms with Crippen molar-refractivity contribution in [3.05, 3.63) is 59.1 Å². The van der Waals surface area contributed by atoms with Crippen molar-refractivity contribution >= 4 is 56.6 Å². The Hall–Kier alpha value is -2.46. The van der Waals surface area contributed by atoms with E-state index in [1.54, 1.807) is 24.3 Å². The molecule has 3 aliphatic heterocycles. The molecule has 3 saturated heterocycles. The molecule has 0 saturated carbocycles. The Morgan fingerprint density at radius 1 is 1.19 bits per heavy atom. The van der Waals surface area contributed by atoms with Crippen LogP contribution in [0.2, 0.25) is 5.02 Å². The zero-order valence-corrected chi connectivity index (χ0v) is 22.8. The Labute approximate surface area is 228 Å². The predicted molar refractivity (Wildman–Crippen MR) is 144 cm³/mol. The van der Waals surface area contributed by atoms with E-state index in [2.05, 4.69) is 26.6 Å². The number of anilines is 2. The number of hydrogen-bond donors (Lipinski definition) is 3. The lowest BCUT2D eigenvalue weighted by Gasteiger charge is -2.36. The molecule has 3 amide bonds. The zero-order chi connectivity index (χ0) is 26.5. The third-order valence-corrected chi connectivity index (χ3v) is 9.02. The topological polar surface area (TPSA) is 108 Å². The Bertz CT molecular complexity index is 1210. The number of rotatable bonds is 7. The highest BCUT2D eigenvalue weighted by Gasteiger charge is 2.77. The van der Waals surface area contributed by atoms with Crippen molar-refractivity contribution in [1.82, 2.24) is 4.90 Å². The molecule has 0 radical (unpaired) electrons. The van der Waals surface area contributed by atoms with Gasteiger partial charge >= 0.3 is 0 Å². The van der Waals surface area contributed by atoms with Gasteiger partial charge in [-0.15, -0.1) is 0 Å². The molecule has 3 unspecified atom stereocenters. The molecule has 0 aromatic heterocycles. The van der Waals surface area contributed by atoms with Crippen LogP contribution in [-0.2, 0) is 19.1 Å². The summed E-state index contributed by atoms with van der Waals surface area (Å²) in [7, 11) is 0. The molecule has 3 heterocycles. The molecule has 5 rings (SSSR count). The molecule has 3 fully saturated rings. The summed E-state index contributed by atoms with van der Waals surface area (Å²) >= 11 is 10.1. The molecule has 2 aromatic rings. The number of aliphatic hydroxyl groups excluding tert-OH is 1. The number of nitrogens with zero attached hydrogens (tertiary/aromatic N) is 1. The van der Waals surface area contributed by atoms with Gasteiger partial charge in [0.1, 0.15) is 11.6 Å². The lowest BCUT2D eigenvalue weighted by Crippen LogP contribution is -2.56. The van der Waals surface area contributed by atoms with Crippen LogP contribution >= 0.6 is 27.5 Å². The molecule has 10 heteroatoms. The van der Waals surface area contributed by atoms with Crippen LogP contribution < -0.4 is 10.6 Å². The number of benzene rings is 2. The maximum absolute atomic E-state index is 14.0. The molecule has 1 spiro atoms. The van der Waals surface area contributed by atoms with E-state index in [1.807, 2.05) is 38.1 Å². The smallest absolute Gasteiger partial charge is 0.250 e. The third-order valence-electron chi connectivity index (χ3n) is 7.87. The summed E-state index contributed by atoms with van der Waals surface area (Å²) in [4.78, 5) is 42.8. The van der Waals surface area contributed by atoms with E-state index >= 15 is 0 Å². The van der Waals surface area contributed by atoms with Gasteiger partial charge in [0.05, 0.1) is 41.3 Å². The summed E-state index contributed by atoms with van der Waals surface area (Å²) in [6, 6.07) is 12.7. The van der Waals surface area contributed by atoms with Crippen LogP contribution in [0.1, 0.15) is 25.3 Å². The largest absolute Gasteiger partial charge is 0.394 e. The number of aliphatic hydroxyl groups is 1. The molecule has 8 nitrogen and oxygen atoms in total. The number of likely N-dealkylation sites (tertiary alicyclic amines) is 1. The van der Waals surface area contributed by atoms with Crippen LogP contribution in [0.3, 0.4) is 0 Å². The predicted octanol–water partition coefficient (Wildman–Crippen LogP) is 3.74. The molecule has 196 valence electrons. The second-order valence-corrected chi connectivity index (χ2v) is 11.5. The Kier molecular flexibility index (Phi) is 7.08. The van der Waals surface area contributed by atoms with E-state index in [1.165, 1.54) is 4.90 Å². The standard InChI is InChI=1S/C27H29BrClN3O5/c1-3-16(13-33)32-23(25(35)31-21-14(2)8-7-11-18(21)29)27-12-17(28)22(37-27)19(20(27)26(32)36)24(34)30-15-9-5-4-6-10-15/h4-11,16-17,19-20,22-23,33H,3,12-13H2,1-2H3,(H,30,34)(H,31,35)/t16-,17?,19-,20-,22-,23?,27?/m0/s1. The number of carbonyl (C=O) groups is 3. The van der Waals surface area contributed by atoms with E-state index in [9.17, 15) is 19.5 Å². The van der Waals surface area contributed by atoms with E-state index in [-0.39, 0.29) is 23.2 Å². The molecule has 3 N–H and O–H groups in total. The minimum absolute atomic E-state index is 0.227. The number of para-hydroxylation sites is 2. The third kappa shape index (κ3) is 4.16. The van der Waals surface area contributed by atoms with Crippen molar-refractivity contribution in [3.63, 3.8) is 0 Å². The van der Waals surface area contributed by atoms with Crippen LogP contribution in [0.5, 0.6) is 0 Å². The van der Waals surface area contributed by atoms with E-state index in [4.69, 9.17) is 16.3 Å². The SMILES string of the molecule is CC[C@@H](CO)N1C(=O)[C@@H]2[C@H](C(=O)Nc3ccccc3)[C@H]3OC2(CC3Br)C1C(=O)Nc1c(C)cccc1Cl. The molecule has 37 heavy (non-hydrogen) atoms. The average Bonchev–Trinajstić information content (AvgIpc) is 3.47. The van der Waals surface area contributed by atoms with Crippen molar-refractivity contribution in [2.24, 2.45) is 11.8 Å². The summed E-state index contributed by atoms with van der Waals surface area (Å²) in [5.74, 6) is -2.81. The number of ether oxygens (including phenoxy) is 1. The van der Waals surface area contributed by atoms with Gasteiger partial charge in [-0.25, -0.2) is 0 Å². The van der Waals surface area contributed by atoms with Gasteiger partial charge < -0.3 is 25.4 Å². The van der Waals surface area contributed by atoms with Crippen LogP contribution in [0.25, 0.3) is 0 Å². The first-order valence-electron chi connectivity index (χ1n) is 12.4. The molecule has 3 aliphatic rings. The number of alkyl halides is 1. The summed E-state index contributed by atoms with van der Waals surface area (Å²) in [6.07, 6.45) is 0.231. The molecule has 7 atom stereocenters. The van der Waals surface area contributed by atoms with Gasteiger partial charge in [-0.05, 0) is 43.5 Å². The summed E-state index contributed by atoms with van der Waals surface area (Å²) in [6.45, 7) is 3.36. The van der Waals surface area contributed by atoms with Crippen LogP contribution in [0.4, 0.5) is 11.4 Å². The van der Waals surface area contributed by atoms with Crippen molar-refractivity contribution in [3.8, 4) is 0 Å². The van der Waals surface area contributed by atoms with Crippen LogP contribution in [-0.4, -0.2) is 63.0 Å². The van der Waals surface area contributed by atoms with Gasteiger partial charge in [-0.3, -0.25) is 14.4 Å². The minimum Gasteiger partial charge on any atom is -0.394 e. The number of aryl methyl sites for hydroxylation is 1. The molecular formula is C27H29BrClN3O5. The Morgan fingerprint density at radius 2 is 1.92 bits per heavy atom. The minimum atomic E-state index is -1.23. The highest BCUT2D eigenvalue weighted by Crippen LogP contribution is 2.60. The van der Waals surface area contributed by atoms with Gasteiger partial charge in [0.15, 0.2) is 0 Å². The first kappa shape index (κ1) is 26.2. The summed E-state index contributed by atoms with van der Waals surface area (Å²) in [5.41, 5.74) is 0.620. The second-order valence-electron chi connectivity index (χ2n) is 9.93. The van der Waals surface area contributed by atoms with Crippen molar-refractivity contribution < 1.29 is 24.2 Å². The average molecular weight is 591 g/mol.